The molecular weight excluding hydrogens is 240 g/mol. The Labute approximate surface area is 113 Å². The van der Waals surface area contributed by atoms with Gasteiger partial charge in [0.15, 0.2) is 0 Å². The lowest BCUT2D eigenvalue weighted by molar-refractivity contribution is 0.0838. The van der Waals surface area contributed by atoms with Crippen molar-refractivity contribution in [3.05, 3.63) is 34.9 Å². The maximum atomic E-state index is 12.3. The molecule has 1 aromatic rings. The van der Waals surface area contributed by atoms with Gasteiger partial charge in [0.2, 0.25) is 0 Å². The van der Waals surface area contributed by atoms with Crippen LogP contribution < -0.4 is 10.6 Å². The lowest BCUT2D eigenvalue weighted by Crippen LogP contribution is -2.49. The number of aliphatic hydroxyl groups is 1. The van der Waals surface area contributed by atoms with E-state index in [0.29, 0.717) is 5.56 Å². The molecule has 2 aliphatic rings. The number of amides is 1. The zero-order valence-corrected chi connectivity index (χ0v) is 11.0. The molecule has 4 nitrogen and oxygen atoms in total. The summed E-state index contributed by atoms with van der Waals surface area (Å²) in [5.41, 5.74) is 2.78. The number of aliphatic hydroxyl groups excluding tert-OH is 1. The molecule has 1 aliphatic carbocycles. The van der Waals surface area contributed by atoms with E-state index in [2.05, 4.69) is 10.6 Å². The van der Waals surface area contributed by atoms with Crippen LogP contribution >= 0.6 is 0 Å². The lowest BCUT2D eigenvalue weighted by atomic mass is 9.97. The first-order valence-corrected chi connectivity index (χ1v) is 6.98. The van der Waals surface area contributed by atoms with Crippen molar-refractivity contribution in [1.82, 2.24) is 10.6 Å². The Balaban J connectivity index is 1.77. The molecule has 1 aromatic carbocycles. The summed E-state index contributed by atoms with van der Waals surface area (Å²) in [6.07, 6.45) is 3.91. The van der Waals surface area contributed by atoms with Crippen molar-refractivity contribution in [1.29, 1.82) is 0 Å². The molecule has 0 spiro atoms. The Kier molecular flexibility index (Phi) is 3.29. The minimum atomic E-state index is -0.394. The van der Waals surface area contributed by atoms with Crippen LogP contribution in [-0.2, 0) is 13.1 Å². The molecule has 0 radical (unpaired) electrons. The zero-order chi connectivity index (χ0) is 13.3. The van der Waals surface area contributed by atoms with E-state index in [1.165, 1.54) is 11.1 Å². The van der Waals surface area contributed by atoms with Gasteiger partial charge in [0.1, 0.15) is 0 Å². The van der Waals surface area contributed by atoms with Crippen LogP contribution in [0, 0.1) is 0 Å². The van der Waals surface area contributed by atoms with Gasteiger partial charge in [-0.1, -0.05) is 18.9 Å². The third-order valence-corrected chi connectivity index (χ3v) is 4.34. The molecule has 19 heavy (non-hydrogen) atoms. The van der Waals surface area contributed by atoms with E-state index in [1.54, 1.807) is 0 Å². The number of carbonyl (C=O) groups excluding carboxylic acids is 1. The van der Waals surface area contributed by atoms with Crippen LogP contribution in [0.3, 0.4) is 0 Å². The molecule has 0 saturated heterocycles. The van der Waals surface area contributed by atoms with Gasteiger partial charge in [0, 0.05) is 18.7 Å². The fourth-order valence-electron chi connectivity index (χ4n) is 3.12. The van der Waals surface area contributed by atoms with E-state index in [4.69, 9.17) is 0 Å². The van der Waals surface area contributed by atoms with Gasteiger partial charge in [0.05, 0.1) is 12.1 Å². The minimum absolute atomic E-state index is 0.0330. The Morgan fingerprint density at radius 3 is 2.74 bits per heavy atom. The molecule has 3 N–H and O–H groups in total. The lowest BCUT2D eigenvalue weighted by Gasteiger charge is -2.28. The van der Waals surface area contributed by atoms with Crippen molar-refractivity contribution in [2.24, 2.45) is 0 Å². The molecule has 0 aromatic heterocycles. The van der Waals surface area contributed by atoms with Gasteiger partial charge in [0.25, 0.3) is 5.91 Å². The summed E-state index contributed by atoms with van der Waals surface area (Å²) in [4.78, 5) is 12.3. The van der Waals surface area contributed by atoms with Crippen molar-refractivity contribution in [2.75, 3.05) is 6.61 Å². The number of rotatable bonds is 3. The van der Waals surface area contributed by atoms with Gasteiger partial charge in [-0.25, -0.2) is 0 Å². The van der Waals surface area contributed by atoms with Crippen LogP contribution in [0.15, 0.2) is 18.2 Å². The second kappa shape index (κ2) is 4.94. The van der Waals surface area contributed by atoms with Crippen LogP contribution in [0.4, 0.5) is 0 Å². The third-order valence-electron chi connectivity index (χ3n) is 4.34. The van der Waals surface area contributed by atoms with Crippen molar-refractivity contribution in [3.63, 3.8) is 0 Å². The van der Waals surface area contributed by atoms with Crippen molar-refractivity contribution < 1.29 is 9.90 Å². The molecule has 1 heterocycles. The van der Waals surface area contributed by atoms with Crippen LogP contribution in [-0.4, -0.2) is 23.2 Å². The van der Waals surface area contributed by atoms with E-state index in [-0.39, 0.29) is 12.5 Å². The monoisotopic (exact) mass is 260 g/mol. The quantitative estimate of drug-likeness (QED) is 0.768. The Hall–Kier alpha value is -1.39. The molecule has 0 atom stereocenters. The third kappa shape index (κ3) is 2.38. The molecule has 1 aliphatic heterocycles. The molecule has 3 rings (SSSR count). The van der Waals surface area contributed by atoms with Gasteiger partial charge in [-0.15, -0.1) is 0 Å². The van der Waals surface area contributed by atoms with Crippen molar-refractivity contribution in [3.8, 4) is 0 Å². The number of fused-ring (bicyclic) bond motifs is 1. The second-order valence-corrected chi connectivity index (χ2v) is 5.69. The number of hydrogen-bond acceptors (Lipinski definition) is 3. The number of carbonyl (C=O) groups is 1. The fraction of sp³-hybridized carbons (Fsp3) is 0.533. The van der Waals surface area contributed by atoms with Crippen LogP contribution in [0.1, 0.15) is 47.2 Å². The molecule has 0 unspecified atom stereocenters. The smallest absolute Gasteiger partial charge is 0.251 e. The van der Waals surface area contributed by atoms with Crippen LogP contribution in [0.25, 0.3) is 0 Å². The SMILES string of the molecule is O=C(NC1(CO)CCCC1)c1ccc2c(c1)CNC2. The highest BCUT2D eigenvalue weighted by Crippen LogP contribution is 2.29. The predicted octanol–water partition coefficient (Wildman–Crippen LogP) is 1.32. The Morgan fingerprint density at radius 2 is 2.00 bits per heavy atom. The van der Waals surface area contributed by atoms with E-state index >= 15 is 0 Å². The maximum absolute atomic E-state index is 12.3. The summed E-state index contributed by atoms with van der Waals surface area (Å²) in [6.45, 7) is 1.75. The maximum Gasteiger partial charge on any atom is 0.251 e. The zero-order valence-electron chi connectivity index (χ0n) is 11.0. The van der Waals surface area contributed by atoms with Crippen LogP contribution in [0.2, 0.25) is 0 Å². The number of nitrogens with one attached hydrogen (secondary N) is 2. The number of hydrogen-bond donors (Lipinski definition) is 3. The normalized spacial score (nSPS) is 20.3. The first-order chi connectivity index (χ1) is 9.22. The predicted molar refractivity (Wildman–Crippen MR) is 72.7 cm³/mol. The standard InChI is InChI=1S/C15H20N2O2/c18-10-15(5-1-2-6-15)17-14(19)11-3-4-12-8-16-9-13(12)7-11/h3-4,7,16,18H,1-2,5-6,8-10H2,(H,17,19). The summed E-state index contributed by atoms with van der Waals surface area (Å²) in [7, 11) is 0. The van der Waals surface area contributed by atoms with Gasteiger partial charge < -0.3 is 15.7 Å². The van der Waals surface area contributed by atoms with E-state index in [0.717, 1.165) is 38.8 Å². The Bertz CT molecular complexity index is 493. The summed E-state index contributed by atoms with van der Waals surface area (Å²) >= 11 is 0. The minimum Gasteiger partial charge on any atom is -0.394 e. The first-order valence-electron chi connectivity index (χ1n) is 6.98. The van der Waals surface area contributed by atoms with Gasteiger partial charge >= 0.3 is 0 Å². The largest absolute Gasteiger partial charge is 0.394 e. The summed E-state index contributed by atoms with van der Waals surface area (Å²) in [5.74, 6) is -0.0642. The average molecular weight is 260 g/mol. The molecule has 1 fully saturated rings. The van der Waals surface area contributed by atoms with Gasteiger partial charge in [-0.2, -0.15) is 0 Å². The fourth-order valence-corrected chi connectivity index (χ4v) is 3.12. The Morgan fingerprint density at radius 1 is 1.26 bits per heavy atom. The van der Waals surface area contributed by atoms with Crippen molar-refractivity contribution in [2.45, 2.75) is 44.3 Å². The number of benzene rings is 1. The summed E-state index contributed by atoms with van der Waals surface area (Å²) in [6, 6.07) is 5.86. The average Bonchev–Trinajstić information content (AvgIpc) is 3.06. The van der Waals surface area contributed by atoms with Crippen LogP contribution in [0.5, 0.6) is 0 Å². The van der Waals surface area contributed by atoms with Gasteiger partial charge in [-0.3, -0.25) is 4.79 Å². The molecule has 1 saturated carbocycles. The highest BCUT2D eigenvalue weighted by Gasteiger charge is 2.34. The van der Waals surface area contributed by atoms with Gasteiger partial charge in [-0.05, 0) is 36.1 Å². The second-order valence-electron chi connectivity index (χ2n) is 5.69. The van der Waals surface area contributed by atoms with Crippen molar-refractivity contribution >= 4 is 5.91 Å². The molecular formula is C15H20N2O2. The highest BCUT2D eigenvalue weighted by molar-refractivity contribution is 5.95. The topological polar surface area (TPSA) is 61.4 Å². The molecule has 1 amide bonds. The van der Waals surface area contributed by atoms with E-state index in [9.17, 15) is 9.90 Å². The summed E-state index contributed by atoms with van der Waals surface area (Å²) in [5, 5.41) is 15.9. The molecule has 4 heteroatoms. The first kappa shape index (κ1) is 12.6. The molecule has 102 valence electrons. The summed E-state index contributed by atoms with van der Waals surface area (Å²) < 4.78 is 0. The molecule has 0 bridgehead atoms. The van der Waals surface area contributed by atoms with E-state index < -0.39 is 5.54 Å². The van der Waals surface area contributed by atoms with E-state index in [1.807, 2.05) is 18.2 Å². The highest BCUT2D eigenvalue weighted by atomic mass is 16.3.